The van der Waals surface area contributed by atoms with E-state index in [0.29, 0.717) is 0 Å². The zero-order valence-electron chi connectivity index (χ0n) is 13.9. The Balaban J connectivity index is 1.85. The van der Waals surface area contributed by atoms with Gasteiger partial charge in [0.2, 0.25) is 0 Å². The fourth-order valence-corrected chi connectivity index (χ4v) is 2.97. The van der Waals surface area contributed by atoms with E-state index in [4.69, 9.17) is 0 Å². The first-order valence-electron chi connectivity index (χ1n) is 8.32. The zero-order chi connectivity index (χ0) is 16.1. The molecule has 0 unspecified atom stereocenters. The molecule has 3 aromatic rings. The summed E-state index contributed by atoms with van der Waals surface area (Å²) in [6.45, 7) is 6.47. The van der Waals surface area contributed by atoms with Crippen molar-refractivity contribution in [3.63, 3.8) is 0 Å². The van der Waals surface area contributed by atoms with E-state index in [9.17, 15) is 0 Å². The largest absolute Gasteiger partial charge is 0.372 e. The number of fused-ring (bicyclic) bond motifs is 1. The molecule has 0 aliphatic carbocycles. The monoisotopic (exact) mass is 301 g/mol. The highest BCUT2D eigenvalue weighted by molar-refractivity contribution is 5.92. The molecule has 0 atom stereocenters. The summed E-state index contributed by atoms with van der Waals surface area (Å²) in [6, 6.07) is 23.8. The lowest BCUT2D eigenvalue weighted by Gasteiger charge is -2.20. The Morgan fingerprint density at radius 3 is 2.17 bits per heavy atom. The third kappa shape index (κ3) is 3.45. The number of anilines is 1. The van der Waals surface area contributed by atoms with Crippen LogP contribution in [0.15, 0.2) is 66.7 Å². The van der Waals surface area contributed by atoms with Crippen LogP contribution in [0.2, 0.25) is 0 Å². The van der Waals surface area contributed by atoms with Gasteiger partial charge in [-0.25, -0.2) is 0 Å². The van der Waals surface area contributed by atoms with Crippen molar-refractivity contribution in [3.8, 4) is 0 Å². The lowest BCUT2D eigenvalue weighted by Crippen LogP contribution is -2.21. The van der Waals surface area contributed by atoms with Crippen LogP contribution in [0.25, 0.3) is 22.9 Å². The van der Waals surface area contributed by atoms with Crippen molar-refractivity contribution in [2.24, 2.45) is 0 Å². The van der Waals surface area contributed by atoms with Crippen LogP contribution in [0.4, 0.5) is 5.69 Å². The van der Waals surface area contributed by atoms with Crippen LogP contribution in [0.1, 0.15) is 25.0 Å². The second kappa shape index (κ2) is 7.15. The Hall–Kier alpha value is -2.54. The highest BCUT2D eigenvalue weighted by Gasteiger charge is 2.00. The molecule has 0 radical (unpaired) electrons. The average Bonchev–Trinajstić information content (AvgIpc) is 2.62. The summed E-state index contributed by atoms with van der Waals surface area (Å²) in [5, 5.41) is 2.58. The number of hydrogen-bond acceptors (Lipinski definition) is 1. The molecule has 0 aliphatic rings. The van der Waals surface area contributed by atoms with E-state index in [1.165, 1.54) is 27.6 Å². The van der Waals surface area contributed by atoms with Gasteiger partial charge in [0.25, 0.3) is 0 Å². The lowest BCUT2D eigenvalue weighted by molar-refractivity contribution is 0.866. The van der Waals surface area contributed by atoms with Crippen molar-refractivity contribution in [1.29, 1.82) is 0 Å². The SMILES string of the molecule is CCN(CC)c1ccc(C=Cc2cccc3ccccc23)cc1. The minimum absolute atomic E-state index is 1.04. The summed E-state index contributed by atoms with van der Waals surface area (Å²) < 4.78 is 0. The Bertz CT molecular complexity index is 790. The fraction of sp³-hybridized carbons (Fsp3) is 0.182. The van der Waals surface area contributed by atoms with Crippen LogP contribution < -0.4 is 4.90 Å². The molecule has 0 spiro atoms. The van der Waals surface area contributed by atoms with E-state index >= 15 is 0 Å². The van der Waals surface area contributed by atoms with Gasteiger partial charge in [-0.1, -0.05) is 66.7 Å². The van der Waals surface area contributed by atoms with Crippen molar-refractivity contribution < 1.29 is 0 Å². The standard InChI is InChI=1S/C22H23N/c1-3-23(4-2)21-16-13-18(14-17-21)12-15-20-10-7-9-19-8-5-6-11-22(19)20/h5-17H,3-4H2,1-2H3. The first-order chi connectivity index (χ1) is 11.3. The number of rotatable bonds is 5. The van der Waals surface area contributed by atoms with Crippen molar-refractivity contribution in [1.82, 2.24) is 0 Å². The summed E-state index contributed by atoms with van der Waals surface area (Å²) in [5.41, 5.74) is 3.78. The Morgan fingerprint density at radius 2 is 1.43 bits per heavy atom. The topological polar surface area (TPSA) is 3.24 Å². The van der Waals surface area contributed by atoms with Crippen molar-refractivity contribution in [2.45, 2.75) is 13.8 Å². The van der Waals surface area contributed by atoms with Crippen molar-refractivity contribution >= 4 is 28.6 Å². The second-order valence-electron chi connectivity index (χ2n) is 5.67. The number of benzene rings is 3. The van der Waals surface area contributed by atoms with Crippen LogP contribution in [-0.2, 0) is 0 Å². The molecular formula is C22H23N. The minimum atomic E-state index is 1.04. The molecule has 0 aromatic heterocycles. The van der Waals surface area contributed by atoms with E-state index in [-0.39, 0.29) is 0 Å². The molecule has 0 heterocycles. The molecule has 0 fully saturated rings. The third-order valence-corrected chi connectivity index (χ3v) is 4.30. The molecule has 0 amide bonds. The van der Waals surface area contributed by atoms with Gasteiger partial charge < -0.3 is 4.90 Å². The van der Waals surface area contributed by atoms with E-state index < -0.39 is 0 Å². The Labute approximate surface area is 138 Å². The van der Waals surface area contributed by atoms with Crippen molar-refractivity contribution in [3.05, 3.63) is 77.9 Å². The smallest absolute Gasteiger partial charge is 0.0366 e. The maximum absolute atomic E-state index is 2.36. The molecule has 1 heteroatoms. The molecule has 0 saturated carbocycles. The van der Waals surface area contributed by atoms with Gasteiger partial charge in [-0.3, -0.25) is 0 Å². The quantitative estimate of drug-likeness (QED) is 0.534. The third-order valence-electron chi connectivity index (χ3n) is 4.30. The summed E-state index contributed by atoms with van der Waals surface area (Å²) >= 11 is 0. The Morgan fingerprint density at radius 1 is 0.739 bits per heavy atom. The molecule has 0 aliphatic heterocycles. The second-order valence-corrected chi connectivity index (χ2v) is 5.67. The van der Waals surface area contributed by atoms with Crippen LogP contribution in [-0.4, -0.2) is 13.1 Å². The first-order valence-corrected chi connectivity index (χ1v) is 8.32. The highest BCUT2D eigenvalue weighted by atomic mass is 15.1. The summed E-state index contributed by atoms with van der Waals surface area (Å²) in [6.07, 6.45) is 4.39. The molecule has 0 bridgehead atoms. The van der Waals surface area contributed by atoms with Crippen molar-refractivity contribution in [2.75, 3.05) is 18.0 Å². The highest BCUT2D eigenvalue weighted by Crippen LogP contribution is 2.21. The average molecular weight is 301 g/mol. The first kappa shape index (κ1) is 15.4. The van der Waals surface area contributed by atoms with Crippen LogP contribution in [0, 0.1) is 0 Å². The Kier molecular flexibility index (Phi) is 4.77. The van der Waals surface area contributed by atoms with Gasteiger partial charge in [-0.15, -0.1) is 0 Å². The van der Waals surface area contributed by atoms with Crippen LogP contribution >= 0.6 is 0 Å². The van der Waals surface area contributed by atoms with Gasteiger partial charge in [-0.2, -0.15) is 0 Å². The van der Waals surface area contributed by atoms with E-state index in [1.54, 1.807) is 0 Å². The summed E-state index contributed by atoms with van der Waals surface area (Å²) in [4.78, 5) is 2.36. The minimum Gasteiger partial charge on any atom is -0.372 e. The van der Waals surface area contributed by atoms with Gasteiger partial charge >= 0.3 is 0 Å². The van der Waals surface area contributed by atoms with Crippen LogP contribution in [0.3, 0.4) is 0 Å². The van der Waals surface area contributed by atoms with Gasteiger partial charge in [-0.05, 0) is 47.9 Å². The predicted molar refractivity (Wildman–Crippen MR) is 103 cm³/mol. The van der Waals surface area contributed by atoms with Gasteiger partial charge in [0.15, 0.2) is 0 Å². The zero-order valence-corrected chi connectivity index (χ0v) is 13.9. The molecule has 3 rings (SSSR count). The van der Waals surface area contributed by atoms with Gasteiger partial charge in [0.05, 0.1) is 0 Å². The maximum Gasteiger partial charge on any atom is 0.0366 e. The fourth-order valence-electron chi connectivity index (χ4n) is 2.97. The normalized spacial score (nSPS) is 11.2. The van der Waals surface area contributed by atoms with Gasteiger partial charge in [0.1, 0.15) is 0 Å². The molecule has 0 saturated heterocycles. The van der Waals surface area contributed by atoms with E-state index in [2.05, 4.69) is 97.6 Å². The number of hydrogen-bond donors (Lipinski definition) is 0. The van der Waals surface area contributed by atoms with E-state index in [0.717, 1.165) is 13.1 Å². The number of nitrogens with zero attached hydrogens (tertiary/aromatic N) is 1. The molecule has 1 nitrogen and oxygen atoms in total. The van der Waals surface area contributed by atoms with Gasteiger partial charge in [0, 0.05) is 18.8 Å². The molecule has 0 N–H and O–H groups in total. The lowest BCUT2D eigenvalue weighted by atomic mass is 10.0. The van der Waals surface area contributed by atoms with E-state index in [1.807, 2.05) is 0 Å². The maximum atomic E-state index is 2.36. The molecule has 3 aromatic carbocycles. The summed E-state index contributed by atoms with van der Waals surface area (Å²) in [5.74, 6) is 0. The predicted octanol–water partition coefficient (Wildman–Crippen LogP) is 5.86. The molecule has 23 heavy (non-hydrogen) atoms. The summed E-state index contributed by atoms with van der Waals surface area (Å²) in [7, 11) is 0. The molecule has 116 valence electrons. The molecular weight excluding hydrogens is 278 g/mol. The van der Waals surface area contributed by atoms with Crippen LogP contribution in [0.5, 0.6) is 0 Å².